The van der Waals surface area contributed by atoms with Crippen LogP contribution in [-0.4, -0.2) is 30.5 Å². The van der Waals surface area contributed by atoms with Gasteiger partial charge in [0.15, 0.2) is 0 Å². The first-order valence-corrected chi connectivity index (χ1v) is 6.35. The van der Waals surface area contributed by atoms with Crippen LogP contribution in [0.4, 0.5) is 0 Å². The molecule has 1 aliphatic heterocycles. The molecule has 0 spiro atoms. The SMILES string of the molecule is CCOC(C)(C)CNC1COc2cc(O)ccc21. The molecule has 100 valence electrons. The van der Waals surface area contributed by atoms with E-state index in [1.54, 1.807) is 12.1 Å². The molecule has 1 aromatic rings. The summed E-state index contributed by atoms with van der Waals surface area (Å²) in [5.74, 6) is 1.01. The third kappa shape index (κ3) is 2.94. The van der Waals surface area contributed by atoms with E-state index in [1.165, 1.54) is 0 Å². The summed E-state index contributed by atoms with van der Waals surface area (Å²) in [6, 6.07) is 5.42. The molecule has 1 aromatic carbocycles. The highest BCUT2D eigenvalue weighted by atomic mass is 16.5. The van der Waals surface area contributed by atoms with Gasteiger partial charge in [0.2, 0.25) is 0 Å². The number of phenols is 1. The van der Waals surface area contributed by atoms with Gasteiger partial charge in [0.05, 0.1) is 11.6 Å². The van der Waals surface area contributed by atoms with E-state index in [2.05, 4.69) is 19.2 Å². The first kappa shape index (κ1) is 13.2. The number of benzene rings is 1. The molecule has 0 amide bonds. The van der Waals surface area contributed by atoms with Gasteiger partial charge in [0.1, 0.15) is 18.1 Å². The Morgan fingerprint density at radius 3 is 3.00 bits per heavy atom. The minimum atomic E-state index is -0.186. The van der Waals surface area contributed by atoms with Gasteiger partial charge in [-0.2, -0.15) is 0 Å². The number of rotatable bonds is 5. The largest absolute Gasteiger partial charge is 0.508 e. The van der Waals surface area contributed by atoms with Gasteiger partial charge in [-0.25, -0.2) is 0 Å². The monoisotopic (exact) mass is 251 g/mol. The molecule has 0 aromatic heterocycles. The Bertz CT molecular complexity index is 418. The van der Waals surface area contributed by atoms with Crippen molar-refractivity contribution in [3.05, 3.63) is 23.8 Å². The van der Waals surface area contributed by atoms with Crippen LogP contribution < -0.4 is 10.1 Å². The number of hydrogen-bond acceptors (Lipinski definition) is 4. The van der Waals surface area contributed by atoms with Gasteiger partial charge in [-0.1, -0.05) is 0 Å². The fraction of sp³-hybridized carbons (Fsp3) is 0.571. The smallest absolute Gasteiger partial charge is 0.127 e. The molecule has 1 aliphatic rings. The van der Waals surface area contributed by atoms with Gasteiger partial charge in [0.25, 0.3) is 0 Å². The Morgan fingerprint density at radius 2 is 2.28 bits per heavy atom. The Labute approximate surface area is 108 Å². The fourth-order valence-electron chi connectivity index (χ4n) is 2.18. The van der Waals surface area contributed by atoms with Gasteiger partial charge >= 0.3 is 0 Å². The standard InChI is InChI=1S/C14H21NO3/c1-4-18-14(2,3)9-15-12-8-17-13-7-10(16)5-6-11(12)13/h5-7,12,15-16H,4,8-9H2,1-3H3. The number of phenolic OH excluding ortho intramolecular Hbond substituents is 1. The highest BCUT2D eigenvalue weighted by molar-refractivity contribution is 5.44. The summed E-state index contributed by atoms with van der Waals surface area (Å²) in [5.41, 5.74) is 0.911. The molecule has 0 aliphatic carbocycles. The first-order chi connectivity index (χ1) is 8.52. The number of fused-ring (bicyclic) bond motifs is 1. The second-order valence-corrected chi connectivity index (χ2v) is 5.16. The van der Waals surface area contributed by atoms with Gasteiger partial charge in [-0.05, 0) is 32.9 Å². The average Bonchev–Trinajstić information content (AvgIpc) is 2.68. The van der Waals surface area contributed by atoms with Gasteiger partial charge < -0.3 is 19.9 Å². The maximum Gasteiger partial charge on any atom is 0.127 e. The van der Waals surface area contributed by atoms with Crippen LogP contribution in [0.3, 0.4) is 0 Å². The van der Waals surface area contributed by atoms with Crippen molar-refractivity contribution in [2.45, 2.75) is 32.4 Å². The second-order valence-electron chi connectivity index (χ2n) is 5.16. The molecule has 0 radical (unpaired) electrons. The zero-order valence-electron chi connectivity index (χ0n) is 11.2. The third-order valence-corrected chi connectivity index (χ3v) is 3.09. The highest BCUT2D eigenvalue weighted by Crippen LogP contribution is 2.34. The molecular weight excluding hydrogens is 230 g/mol. The van der Waals surface area contributed by atoms with E-state index in [0.29, 0.717) is 13.2 Å². The third-order valence-electron chi connectivity index (χ3n) is 3.09. The van der Waals surface area contributed by atoms with E-state index in [-0.39, 0.29) is 17.4 Å². The molecule has 0 saturated carbocycles. The predicted molar refractivity (Wildman–Crippen MR) is 70.1 cm³/mol. The van der Waals surface area contributed by atoms with Crippen LogP contribution >= 0.6 is 0 Å². The van der Waals surface area contributed by atoms with Gasteiger partial charge in [-0.3, -0.25) is 0 Å². The number of hydrogen-bond donors (Lipinski definition) is 2. The van der Waals surface area contributed by atoms with Crippen LogP contribution in [-0.2, 0) is 4.74 Å². The normalized spacial score (nSPS) is 18.5. The van der Waals surface area contributed by atoms with E-state index < -0.39 is 0 Å². The maximum atomic E-state index is 9.39. The fourth-order valence-corrected chi connectivity index (χ4v) is 2.18. The first-order valence-electron chi connectivity index (χ1n) is 6.35. The molecule has 1 heterocycles. The Balaban J connectivity index is 1.98. The lowest BCUT2D eigenvalue weighted by Crippen LogP contribution is -2.39. The lowest BCUT2D eigenvalue weighted by molar-refractivity contribution is -0.0109. The number of nitrogens with one attached hydrogen (secondary N) is 1. The van der Waals surface area contributed by atoms with Crippen LogP contribution in [0.25, 0.3) is 0 Å². The van der Waals surface area contributed by atoms with E-state index in [9.17, 15) is 5.11 Å². The van der Waals surface area contributed by atoms with Crippen LogP contribution in [0.2, 0.25) is 0 Å². The predicted octanol–water partition coefficient (Wildman–Crippen LogP) is 2.23. The number of aromatic hydroxyl groups is 1. The van der Waals surface area contributed by atoms with Gasteiger partial charge in [0, 0.05) is 24.8 Å². The van der Waals surface area contributed by atoms with Crippen molar-refractivity contribution in [2.75, 3.05) is 19.8 Å². The average molecular weight is 251 g/mol. The topological polar surface area (TPSA) is 50.7 Å². The Morgan fingerprint density at radius 1 is 1.50 bits per heavy atom. The van der Waals surface area contributed by atoms with Crippen molar-refractivity contribution in [2.24, 2.45) is 0 Å². The van der Waals surface area contributed by atoms with E-state index in [1.807, 2.05) is 13.0 Å². The van der Waals surface area contributed by atoms with E-state index in [4.69, 9.17) is 9.47 Å². The van der Waals surface area contributed by atoms with Crippen molar-refractivity contribution >= 4 is 0 Å². The second kappa shape index (κ2) is 5.16. The molecule has 4 nitrogen and oxygen atoms in total. The van der Waals surface area contributed by atoms with Crippen molar-refractivity contribution in [3.8, 4) is 11.5 Å². The Kier molecular flexibility index (Phi) is 3.78. The zero-order chi connectivity index (χ0) is 13.2. The molecule has 1 unspecified atom stereocenters. The molecule has 4 heteroatoms. The summed E-state index contributed by atoms with van der Waals surface area (Å²) < 4.78 is 11.2. The van der Waals surface area contributed by atoms with Crippen molar-refractivity contribution in [3.63, 3.8) is 0 Å². The van der Waals surface area contributed by atoms with Crippen molar-refractivity contribution in [1.29, 1.82) is 0 Å². The van der Waals surface area contributed by atoms with Crippen LogP contribution in [0.15, 0.2) is 18.2 Å². The molecule has 2 rings (SSSR count). The summed E-state index contributed by atoms with van der Waals surface area (Å²) in [6.07, 6.45) is 0. The maximum absolute atomic E-state index is 9.39. The van der Waals surface area contributed by atoms with Crippen molar-refractivity contribution in [1.82, 2.24) is 5.32 Å². The summed E-state index contributed by atoms with van der Waals surface area (Å²) in [4.78, 5) is 0. The molecule has 2 N–H and O–H groups in total. The summed E-state index contributed by atoms with van der Waals surface area (Å²) in [6.45, 7) is 8.20. The van der Waals surface area contributed by atoms with E-state index in [0.717, 1.165) is 17.9 Å². The molecule has 1 atom stereocenters. The summed E-state index contributed by atoms with van der Waals surface area (Å²) in [7, 11) is 0. The minimum Gasteiger partial charge on any atom is -0.508 e. The lowest BCUT2D eigenvalue weighted by Gasteiger charge is -2.26. The summed E-state index contributed by atoms with van der Waals surface area (Å²) >= 11 is 0. The lowest BCUT2D eigenvalue weighted by atomic mass is 10.1. The molecule has 18 heavy (non-hydrogen) atoms. The minimum absolute atomic E-state index is 0.167. The summed E-state index contributed by atoms with van der Waals surface area (Å²) in [5, 5.41) is 12.8. The quantitative estimate of drug-likeness (QED) is 0.842. The molecular formula is C14H21NO3. The van der Waals surface area contributed by atoms with E-state index >= 15 is 0 Å². The highest BCUT2D eigenvalue weighted by Gasteiger charge is 2.26. The van der Waals surface area contributed by atoms with Crippen LogP contribution in [0.1, 0.15) is 32.4 Å². The van der Waals surface area contributed by atoms with Crippen molar-refractivity contribution < 1.29 is 14.6 Å². The molecule has 0 bridgehead atoms. The molecule has 0 fully saturated rings. The van der Waals surface area contributed by atoms with Crippen LogP contribution in [0, 0.1) is 0 Å². The van der Waals surface area contributed by atoms with Crippen LogP contribution in [0.5, 0.6) is 11.5 Å². The van der Waals surface area contributed by atoms with Gasteiger partial charge in [-0.15, -0.1) is 0 Å². The number of ether oxygens (including phenoxy) is 2. The Hall–Kier alpha value is -1.26. The zero-order valence-corrected chi connectivity index (χ0v) is 11.2. The molecule has 0 saturated heterocycles.